The number of nitrogens with zero attached hydrogens (tertiary/aromatic N) is 2. The Labute approximate surface area is 65.2 Å². The molecule has 0 saturated carbocycles. The van der Waals surface area contributed by atoms with Crippen LogP contribution in [0.5, 0.6) is 0 Å². The quantitative estimate of drug-likeness (QED) is 0.585. The Kier molecular flexibility index (Phi) is 3.66. The second-order valence-electron chi connectivity index (χ2n) is 1.56. The average Bonchev–Trinajstić information content (AvgIpc) is 2.12. The number of aromatic nitrogens is 2. The Hall–Kier alpha value is -0.210. The van der Waals surface area contributed by atoms with Crippen molar-refractivity contribution in [3.8, 4) is 0 Å². The predicted molar refractivity (Wildman–Crippen MR) is 40.0 cm³/mol. The molecular formula is C5H8Cl2N2. The van der Waals surface area contributed by atoms with Gasteiger partial charge in [-0.05, 0) is 13.0 Å². The van der Waals surface area contributed by atoms with E-state index in [9.17, 15) is 0 Å². The number of halogens is 2. The average molecular weight is 167 g/mol. The number of hydrogen-bond donors (Lipinski definition) is 0. The molecule has 0 bridgehead atoms. The first-order valence-corrected chi connectivity index (χ1v) is 2.87. The van der Waals surface area contributed by atoms with Crippen LogP contribution in [-0.4, -0.2) is 9.78 Å². The fourth-order valence-corrected chi connectivity index (χ4v) is 0.607. The van der Waals surface area contributed by atoms with Crippen molar-refractivity contribution >= 4 is 24.0 Å². The Balaban J connectivity index is 0.000000640. The van der Waals surface area contributed by atoms with E-state index in [4.69, 9.17) is 11.6 Å². The molecular weight excluding hydrogens is 159 g/mol. The van der Waals surface area contributed by atoms with E-state index in [0.717, 1.165) is 0 Å². The van der Waals surface area contributed by atoms with E-state index in [2.05, 4.69) is 5.10 Å². The summed E-state index contributed by atoms with van der Waals surface area (Å²) in [6.45, 7) is 1.87. The molecule has 1 aromatic rings. The van der Waals surface area contributed by atoms with Crippen LogP contribution in [0, 0.1) is 0 Å². The van der Waals surface area contributed by atoms with E-state index in [1.807, 2.05) is 19.2 Å². The van der Waals surface area contributed by atoms with Gasteiger partial charge in [-0.25, -0.2) is 0 Å². The molecule has 2 nitrogen and oxygen atoms in total. The summed E-state index contributed by atoms with van der Waals surface area (Å²) in [6, 6.07) is 1.85. The van der Waals surface area contributed by atoms with Crippen LogP contribution in [0.4, 0.5) is 0 Å². The lowest BCUT2D eigenvalue weighted by molar-refractivity contribution is 0.633. The second kappa shape index (κ2) is 3.75. The summed E-state index contributed by atoms with van der Waals surface area (Å²) in [5, 5.41) is 3.90. The minimum absolute atomic E-state index is 0. The second-order valence-corrected chi connectivity index (χ2v) is 2.19. The van der Waals surface area contributed by atoms with Gasteiger partial charge in [0.2, 0.25) is 0 Å². The highest BCUT2D eigenvalue weighted by Crippen LogP contribution is 2.06. The largest absolute Gasteiger partial charge is 0.255 e. The summed E-state index contributed by atoms with van der Waals surface area (Å²) in [5.74, 6) is 0. The summed E-state index contributed by atoms with van der Waals surface area (Å²) < 4.78 is 1.68. The Morgan fingerprint density at radius 2 is 2.33 bits per heavy atom. The number of rotatable bonds is 1. The molecule has 0 aliphatic rings. The van der Waals surface area contributed by atoms with E-state index < -0.39 is 0 Å². The molecule has 0 saturated heterocycles. The minimum atomic E-state index is -0.0370. The lowest BCUT2D eigenvalue weighted by Gasteiger charge is -1.99. The first-order chi connectivity index (χ1) is 3.80. The van der Waals surface area contributed by atoms with Crippen LogP contribution in [-0.2, 0) is 0 Å². The van der Waals surface area contributed by atoms with Crippen molar-refractivity contribution in [1.82, 2.24) is 9.78 Å². The fourth-order valence-electron chi connectivity index (χ4n) is 0.491. The van der Waals surface area contributed by atoms with Crippen molar-refractivity contribution in [1.29, 1.82) is 0 Å². The van der Waals surface area contributed by atoms with Gasteiger partial charge in [0, 0.05) is 12.4 Å². The molecule has 0 spiro atoms. The smallest absolute Gasteiger partial charge is 0.122 e. The fraction of sp³-hybridized carbons (Fsp3) is 0.400. The van der Waals surface area contributed by atoms with Gasteiger partial charge in [-0.15, -0.1) is 12.4 Å². The van der Waals surface area contributed by atoms with Crippen LogP contribution in [0.3, 0.4) is 0 Å². The predicted octanol–water partition coefficient (Wildman–Crippen LogP) is 2.06. The molecule has 1 atom stereocenters. The summed E-state index contributed by atoms with van der Waals surface area (Å²) in [7, 11) is 0. The summed E-state index contributed by atoms with van der Waals surface area (Å²) >= 11 is 5.64. The topological polar surface area (TPSA) is 17.8 Å². The van der Waals surface area contributed by atoms with Gasteiger partial charge >= 0.3 is 0 Å². The zero-order valence-electron chi connectivity index (χ0n) is 4.99. The molecule has 1 unspecified atom stereocenters. The Morgan fingerprint density at radius 3 is 2.56 bits per heavy atom. The number of alkyl halides is 1. The molecule has 1 heterocycles. The Bertz CT molecular complexity index is 148. The van der Waals surface area contributed by atoms with Gasteiger partial charge in [0.05, 0.1) is 0 Å². The Morgan fingerprint density at radius 1 is 1.67 bits per heavy atom. The molecule has 0 aliphatic heterocycles. The first kappa shape index (κ1) is 8.79. The maximum absolute atomic E-state index is 5.64. The summed E-state index contributed by atoms with van der Waals surface area (Å²) in [6.07, 6.45) is 3.54. The van der Waals surface area contributed by atoms with Crippen molar-refractivity contribution in [3.05, 3.63) is 18.5 Å². The third-order valence-corrected chi connectivity index (χ3v) is 1.09. The molecule has 0 N–H and O–H groups in total. The zero-order chi connectivity index (χ0) is 5.98. The van der Waals surface area contributed by atoms with E-state index in [1.165, 1.54) is 0 Å². The van der Waals surface area contributed by atoms with Crippen molar-refractivity contribution in [2.45, 2.75) is 12.4 Å². The third kappa shape index (κ3) is 2.24. The SMILES string of the molecule is CC(Cl)n1cccn1.Cl. The van der Waals surface area contributed by atoms with Crippen LogP contribution < -0.4 is 0 Å². The minimum Gasteiger partial charge on any atom is -0.255 e. The monoisotopic (exact) mass is 166 g/mol. The van der Waals surface area contributed by atoms with Crippen LogP contribution in [0.2, 0.25) is 0 Å². The van der Waals surface area contributed by atoms with Crippen LogP contribution in [0.1, 0.15) is 12.4 Å². The molecule has 0 amide bonds. The lowest BCUT2D eigenvalue weighted by Crippen LogP contribution is -1.96. The van der Waals surface area contributed by atoms with Crippen molar-refractivity contribution in [2.24, 2.45) is 0 Å². The molecule has 52 valence electrons. The maximum Gasteiger partial charge on any atom is 0.122 e. The van der Waals surface area contributed by atoms with E-state index in [0.29, 0.717) is 0 Å². The van der Waals surface area contributed by atoms with Crippen LogP contribution >= 0.6 is 24.0 Å². The lowest BCUT2D eigenvalue weighted by atomic mass is 10.7. The van der Waals surface area contributed by atoms with Crippen LogP contribution in [0.25, 0.3) is 0 Å². The van der Waals surface area contributed by atoms with Gasteiger partial charge in [0.1, 0.15) is 5.50 Å². The van der Waals surface area contributed by atoms with Crippen LogP contribution in [0.15, 0.2) is 18.5 Å². The van der Waals surface area contributed by atoms with Crippen molar-refractivity contribution in [2.75, 3.05) is 0 Å². The van der Waals surface area contributed by atoms with E-state index in [-0.39, 0.29) is 17.9 Å². The molecule has 9 heavy (non-hydrogen) atoms. The highest BCUT2D eigenvalue weighted by atomic mass is 35.5. The molecule has 0 radical (unpaired) electrons. The van der Waals surface area contributed by atoms with E-state index in [1.54, 1.807) is 10.9 Å². The maximum atomic E-state index is 5.64. The van der Waals surface area contributed by atoms with Gasteiger partial charge in [-0.3, -0.25) is 4.68 Å². The standard InChI is InChI=1S/C5H7ClN2.ClH/c1-5(6)8-4-2-3-7-8;/h2-5H,1H3;1H. The molecule has 0 fully saturated rings. The van der Waals surface area contributed by atoms with E-state index >= 15 is 0 Å². The zero-order valence-corrected chi connectivity index (χ0v) is 6.56. The summed E-state index contributed by atoms with van der Waals surface area (Å²) in [4.78, 5) is 0. The molecule has 4 heteroatoms. The van der Waals surface area contributed by atoms with Crippen molar-refractivity contribution < 1.29 is 0 Å². The molecule has 1 rings (SSSR count). The third-order valence-electron chi connectivity index (χ3n) is 0.889. The van der Waals surface area contributed by atoms with Gasteiger partial charge < -0.3 is 0 Å². The first-order valence-electron chi connectivity index (χ1n) is 2.44. The van der Waals surface area contributed by atoms with Gasteiger partial charge in [-0.2, -0.15) is 5.10 Å². The highest BCUT2D eigenvalue weighted by molar-refractivity contribution is 6.18. The molecule has 1 aromatic heterocycles. The normalized spacial score (nSPS) is 12.2. The number of hydrogen-bond acceptors (Lipinski definition) is 1. The molecule has 0 aliphatic carbocycles. The van der Waals surface area contributed by atoms with Gasteiger partial charge in [0.15, 0.2) is 0 Å². The van der Waals surface area contributed by atoms with Gasteiger partial charge in [0.25, 0.3) is 0 Å². The van der Waals surface area contributed by atoms with Gasteiger partial charge in [-0.1, -0.05) is 11.6 Å². The highest BCUT2D eigenvalue weighted by Gasteiger charge is 1.94. The molecule has 0 aromatic carbocycles. The van der Waals surface area contributed by atoms with Crippen molar-refractivity contribution in [3.63, 3.8) is 0 Å². The summed E-state index contributed by atoms with van der Waals surface area (Å²) in [5.41, 5.74) is -0.0370.